The molecular formula is C15H18N2O2S. The number of urea groups is 1. The van der Waals surface area contributed by atoms with E-state index in [1.807, 2.05) is 48.7 Å². The summed E-state index contributed by atoms with van der Waals surface area (Å²) in [6.45, 7) is 3.77. The van der Waals surface area contributed by atoms with Crippen molar-refractivity contribution in [3.8, 4) is 0 Å². The fourth-order valence-electron chi connectivity index (χ4n) is 1.80. The fraction of sp³-hybridized carbons (Fsp3) is 0.267. The van der Waals surface area contributed by atoms with E-state index in [0.717, 1.165) is 16.1 Å². The molecule has 0 bridgehead atoms. The normalized spacial score (nSPS) is 13.6. The second kappa shape index (κ2) is 6.07. The van der Waals surface area contributed by atoms with E-state index in [1.54, 1.807) is 6.92 Å². The molecule has 0 fully saturated rings. The molecule has 5 heteroatoms. The summed E-state index contributed by atoms with van der Waals surface area (Å²) in [5.74, 6) is 0. The molecule has 2 rings (SSSR count). The molecule has 2 amide bonds. The first-order chi connectivity index (χ1) is 9.49. The SMILES string of the molecule is Cc1ccccc1NC(=O)NC[C@@](C)(O)c1cccs1. The number of anilines is 1. The molecule has 0 aliphatic heterocycles. The lowest BCUT2D eigenvalue weighted by Gasteiger charge is -2.22. The minimum atomic E-state index is -1.06. The molecule has 2 aromatic rings. The Bertz CT molecular complexity index is 579. The summed E-state index contributed by atoms with van der Waals surface area (Å²) in [4.78, 5) is 12.7. The molecule has 106 valence electrons. The van der Waals surface area contributed by atoms with Crippen molar-refractivity contribution in [1.82, 2.24) is 5.32 Å². The van der Waals surface area contributed by atoms with Crippen LogP contribution in [0.5, 0.6) is 0 Å². The first-order valence-corrected chi connectivity index (χ1v) is 7.24. The van der Waals surface area contributed by atoms with Gasteiger partial charge in [-0.3, -0.25) is 0 Å². The Morgan fingerprint density at radius 3 is 2.70 bits per heavy atom. The minimum absolute atomic E-state index is 0.158. The summed E-state index contributed by atoms with van der Waals surface area (Å²) in [5.41, 5.74) is 0.700. The Morgan fingerprint density at radius 2 is 2.05 bits per heavy atom. The molecule has 0 saturated heterocycles. The topological polar surface area (TPSA) is 61.4 Å². The van der Waals surface area contributed by atoms with Crippen molar-refractivity contribution < 1.29 is 9.90 Å². The van der Waals surface area contributed by atoms with Crippen molar-refractivity contribution in [1.29, 1.82) is 0 Å². The van der Waals surface area contributed by atoms with Gasteiger partial charge in [-0.15, -0.1) is 11.3 Å². The average molecular weight is 290 g/mol. The molecule has 4 nitrogen and oxygen atoms in total. The van der Waals surface area contributed by atoms with Crippen molar-refractivity contribution in [3.05, 3.63) is 52.2 Å². The number of amides is 2. The highest BCUT2D eigenvalue weighted by Crippen LogP contribution is 2.24. The number of carbonyl (C=O) groups excluding carboxylic acids is 1. The Labute approximate surface area is 122 Å². The average Bonchev–Trinajstić information content (AvgIpc) is 2.94. The van der Waals surface area contributed by atoms with E-state index in [1.165, 1.54) is 11.3 Å². The third-order valence-electron chi connectivity index (χ3n) is 3.04. The van der Waals surface area contributed by atoms with Gasteiger partial charge < -0.3 is 15.7 Å². The van der Waals surface area contributed by atoms with Crippen LogP contribution in [0.2, 0.25) is 0 Å². The number of hydrogen-bond donors (Lipinski definition) is 3. The summed E-state index contributed by atoms with van der Waals surface area (Å²) in [6.07, 6.45) is 0. The lowest BCUT2D eigenvalue weighted by Crippen LogP contribution is -2.40. The Morgan fingerprint density at radius 1 is 1.30 bits per heavy atom. The van der Waals surface area contributed by atoms with E-state index in [2.05, 4.69) is 10.6 Å². The lowest BCUT2D eigenvalue weighted by molar-refractivity contribution is 0.0637. The number of carbonyl (C=O) groups is 1. The van der Waals surface area contributed by atoms with Crippen LogP contribution in [0.3, 0.4) is 0 Å². The van der Waals surface area contributed by atoms with E-state index in [0.29, 0.717) is 0 Å². The molecule has 0 aliphatic carbocycles. The molecule has 0 radical (unpaired) electrons. The highest BCUT2D eigenvalue weighted by molar-refractivity contribution is 7.10. The number of hydrogen-bond acceptors (Lipinski definition) is 3. The van der Waals surface area contributed by atoms with Gasteiger partial charge in [0.1, 0.15) is 5.60 Å². The van der Waals surface area contributed by atoms with Crippen molar-refractivity contribution in [2.75, 3.05) is 11.9 Å². The van der Waals surface area contributed by atoms with Gasteiger partial charge in [0.15, 0.2) is 0 Å². The summed E-state index contributed by atoms with van der Waals surface area (Å²) >= 11 is 1.47. The molecule has 1 aromatic carbocycles. The number of nitrogens with one attached hydrogen (secondary N) is 2. The number of benzene rings is 1. The molecule has 1 aromatic heterocycles. The van der Waals surface area contributed by atoms with Gasteiger partial charge in [-0.1, -0.05) is 24.3 Å². The summed E-state index contributed by atoms with van der Waals surface area (Å²) in [7, 11) is 0. The zero-order valence-electron chi connectivity index (χ0n) is 11.5. The Kier molecular flexibility index (Phi) is 4.42. The highest BCUT2D eigenvalue weighted by Gasteiger charge is 2.24. The van der Waals surface area contributed by atoms with Crippen molar-refractivity contribution >= 4 is 23.1 Å². The van der Waals surface area contributed by atoms with Crippen LogP contribution >= 0.6 is 11.3 Å². The van der Waals surface area contributed by atoms with Crippen LogP contribution in [-0.4, -0.2) is 17.7 Å². The summed E-state index contributed by atoms with van der Waals surface area (Å²) in [5, 5.41) is 17.7. The van der Waals surface area contributed by atoms with Crippen molar-refractivity contribution in [3.63, 3.8) is 0 Å². The molecule has 1 atom stereocenters. The molecule has 1 heterocycles. The van der Waals surface area contributed by atoms with Gasteiger partial charge in [-0.2, -0.15) is 0 Å². The maximum absolute atomic E-state index is 11.9. The lowest BCUT2D eigenvalue weighted by atomic mass is 10.1. The van der Waals surface area contributed by atoms with Gasteiger partial charge >= 0.3 is 6.03 Å². The predicted molar refractivity (Wildman–Crippen MR) is 82.1 cm³/mol. The van der Waals surface area contributed by atoms with Gasteiger partial charge in [-0.25, -0.2) is 4.79 Å². The quantitative estimate of drug-likeness (QED) is 0.810. The molecular weight excluding hydrogens is 272 g/mol. The number of aryl methyl sites for hydroxylation is 1. The van der Waals surface area contributed by atoms with E-state index in [4.69, 9.17) is 0 Å². The van der Waals surface area contributed by atoms with Gasteiger partial charge in [0.25, 0.3) is 0 Å². The molecule has 0 aliphatic rings. The molecule has 0 saturated carbocycles. The van der Waals surface area contributed by atoms with Gasteiger partial charge in [0.2, 0.25) is 0 Å². The van der Waals surface area contributed by atoms with Crippen LogP contribution in [0.15, 0.2) is 41.8 Å². The van der Waals surface area contributed by atoms with Crippen LogP contribution in [0, 0.1) is 6.92 Å². The van der Waals surface area contributed by atoms with Crippen LogP contribution in [-0.2, 0) is 5.60 Å². The van der Waals surface area contributed by atoms with Gasteiger partial charge in [-0.05, 0) is 36.9 Å². The van der Waals surface area contributed by atoms with E-state index in [-0.39, 0.29) is 12.6 Å². The first kappa shape index (κ1) is 14.6. The molecule has 20 heavy (non-hydrogen) atoms. The number of para-hydroxylation sites is 1. The van der Waals surface area contributed by atoms with Gasteiger partial charge in [0.05, 0.1) is 6.54 Å². The first-order valence-electron chi connectivity index (χ1n) is 6.36. The number of rotatable bonds is 4. The van der Waals surface area contributed by atoms with Crippen LogP contribution < -0.4 is 10.6 Å². The monoisotopic (exact) mass is 290 g/mol. The number of thiophene rings is 1. The molecule has 3 N–H and O–H groups in total. The second-order valence-electron chi connectivity index (χ2n) is 4.87. The van der Waals surface area contributed by atoms with E-state index < -0.39 is 5.60 Å². The molecule has 0 unspecified atom stereocenters. The van der Waals surface area contributed by atoms with Gasteiger partial charge in [0, 0.05) is 10.6 Å². The van der Waals surface area contributed by atoms with Crippen LogP contribution in [0.25, 0.3) is 0 Å². The third kappa shape index (κ3) is 3.59. The van der Waals surface area contributed by atoms with Crippen molar-refractivity contribution in [2.24, 2.45) is 0 Å². The van der Waals surface area contributed by atoms with E-state index >= 15 is 0 Å². The zero-order chi connectivity index (χ0) is 14.6. The second-order valence-corrected chi connectivity index (χ2v) is 5.82. The standard InChI is InChI=1S/C15H18N2O2S/c1-11-6-3-4-7-12(11)17-14(18)16-10-15(2,19)13-8-5-9-20-13/h3-9,19H,10H2,1-2H3,(H2,16,17,18)/t15-/m1/s1. The molecule has 0 spiro atoms. The Balaban J connectivity index is 1.91. The Hall–Kier alpha value is -1.85. The number of aliphatic hydroxyl groups is 1. The summed E-state index contributed by atoms with van der Waals surface area (Å²) < 4.78 is 0. The van der Waals surface area contributed by atoms with Crippen LogP contribution in [0.4, 0.5) is 10.5 Å². The summed E-state index contributed by atoms with van der Waals surface area (Å²) in [6, 6.07) is 11.0. The maximum Gasteiger partial charge on any atom is 0.319 e. The smallest absolute Gasteiger partial charge is 0.319 e. The highest BCUT2D eigenvalue weighted by atomic mass is 32.1. The van der Waals surface area contributed by atoms with Crippen LogP contribution in [0.1, 0.15) is 17.4 Å². The third-order valence-corrected chi connectivity index (χ3v) is 4.16. The minimum Gasteiger partial charge on any atom is -0.383 e. The largest absolute Gasteiger partial charge is 0.383 e. The zero-order valence-corrected chi connectivity index (χ0v) is 12.3. The van der Waals surface area contributed by atoms with Crippen molar-refractivity contribution in [2.45, 2.75) is 19.4 Å². The van der Waals surface area contributed by atoms with E-state index in [9.17, 15) is 9.90 Å². The maximum atomic E-state index is 11.9. The predicted octanol–water partition coefficient (Wildman–Crippen LogP) is 3.09. The fourth-order valence-corrected chi connectivity index (χ4v) is 2.59.